The number of ether oxygens (including phenoxy) is 5. The van der Waals surface area contributed by atoms with Crippen LogP contribution in [0.5, 0.6) is 0 Å². The Morgan fingerprint density at radius 1 is 0.865 bits per heavy atom. The molecule has 5 rings (SSSR count). The van der Waals surface area contributed by atoms with E-state index in [0.717, 1.165) is 22.4 Å². The zero-order chi connectivity index (χ0) is 25.6. The largest absolute Gasteiger partial charge is 0.368 e. The zero-order valence-electron chi connectivity index (χ0n) is 20.5. The number of halogens is 2. The first-order chi connectivity index (χ1) is 18.1. The van der Waals surface area contributed by atoms with Crippen molar-refractivity contribution in [3.63, 3.8) is 0 Å². The molecule has 6 atom stereocenters. The molecule has 2 fully saturated rings. The minimum atomic E-state index is -0.486. The van der Waals surface area contributed by atoms with Crippen molar-refractivity contribution < 1.29 is 23.7 Å². The van der Waals surface area contributed by atoms with Crippen LogP contribution in [0.2, 0.25) is 5.02 Å². The summed E-state index contributed by atoms with van der Waals surface area (Å²) in [7, 11) is 0. The maximum absolute atomic E-state index is 6.62. The number of thioether (sulfide) groups is 1. The Morgan fingerprint density at radius 3 is 2.19 bits per heavy atom. The van der Waals surface area contributed by atoms with Gasteiger partial charge in [-0.25, -0.2) is 0 Å². The Balaban J connectivity index is 1.40. The van der Waals surface area contributed by atoms with E-state index in [9.17, 15) is 0 Å². The first kappa shape index (κ1) is 27.4. The van der Waals surface area contributed by atoms with E-state index in [-0.39, 0.29) is 29.9 Å². The zero-order valence-corrected chi connectivity index (χ0v) is 24.2. The molecule has 0 saturated carbocycles. The maximum atomic E-state index is 6.62. The average molecular weight is 653 g/mol. The van der Waals surface area contributed by atoms with Gasteiger partial charge >= 0.3 is 0 Å². The summed E-state index contributed by atoms with van der Waals surface area (Å²) < 4.78 is 33.5. The summed E-state index contributed by atoms with van der Waals surface area (Å²) in [5, 5.41) is 0.700. The van der Waals surface area contributed by atoms with Gasteiger partial charge in [-0.3, -0.25) is 0 Å². The van der Waals surface area contributed by atoms with Crippen LogP contribution >= 0.6 is 46.0 Å². The van der Waals surface area contributed by atoms with Gasteiger partial charge in [0.1, 0.15) is 29.9 Å². The summed E-state index contributed by atoms with van der Waals surface area (Å²) in [6.45, 7) is 3.43. The molecule has 2 aliphatic rings. The molecule has 196 valence electrons. The van der Waals surface area contributed by atoms with Crippen molar-refractivity contribution in [1.82, 2.24) is 0 Å². The fourth-order valence-electron chi connectivity index (χ4n) is 4.54. The standard InChI is InChI=1S/C29H30ClIO5S/c1-2-37-29-27(33-17-20-10-14-23(31)15-11-20)26(32-16-19-8-12-22(30)13-9-19)25-24(35-29)18-34-28(36-25)21-6-4-3-5-7-21/h3-15,24-29H,2,16-18H2,1H3/t24-,25-,26+,27-,28-,29+/m1/s1. The van der Waals surface area contributed by atoms with Crippen LogP contribution in [0.1, 0.15) is 29.9 Å². The predicted octanol–water partition coefficient (Wildman–Crippen LogP) is 7.01. The van der Waals surface area contributed by atoms with E-state index in [1.165, 1.54) is 3.57 Å². The molecule has 0 spiro atoms. The third kappa shape index (κ3) is 7.08. The average Bonchev–Trinajstić information content (AvgIpc) is 2.93. The molecule has 2 saturated heterocycles. The Morgan fingerprint density at radius 2 is 1.51 bits per heavy atom. The van der Waals surface area contributed by atoms with Crippen LogP contribution in [0.4, 0.5) is 0 Å². The smallest absolute Gasteiger partial charge is 0.184 e. The highest BCUT2D eigenvalue weighted by Crippen LogP contribution is 2.39. The molecule has 0 unspecified atom stereocenters. The van der Waals surface area contributed by atoms with Crippen LogP contribution in [-0.2, 0) is 36.9 Å². The highest BCUT2D eigenvalue weighted by atomic mass is 127. The van der Waals surface area contributed by atoms with Crippen molar-refractivity contribution >= 4 is 46.0 Å². The first-order valence-electron chi connectivity index (χ1n) is 12.4. The number of fused-ring (bicyclic) bond motifs is 1. The second kappa shape index (κ2) is 13.3. The Bertz CT molecular complexity index is 1120. The van der Waals surface area contributed by atoms with Crippen molar-refractivity contribution in [3.8, 4) is 0 Å². The van der Waals surface area contributed by atoms with E-state index in [1.807, 2.05) is 54.6 Å². The number of benzene rings is 3. The fourth-order valence-corrected chi connectivity index (χ4v) is 6.00. The highest BCUT2D eigenvalue weighted by molar-refractivity contribution is 14.1. The molecule has 0 bridgehead atoms. The molecule has 0 aliphatic carbocycles. The van der Waals surface area contributed by atoms with Gasteiger partial charge in [0.25, 0.3) is 0 Å². The molecule has 0 radical (unpaired) electrons. The van der Waals surface area contributed by atoms with E-state index in [2.05, 4.69) is 53.8 Å². The third-order valence-corrected chi connectivity index (χ3v) is 8.41. The van der Waals surface area contributed by atoms with E-state index in [1.54, 1.807) is 11.8 Å². The van der Waals surface area contributed by atoms with E-state index in [4.69, 9.17) is 35.3 Å². The summed E-state index contributed by atoms with van der Waals surface area (Å²) in [6, 6.07) is 26.1. The third-order valence-electron chi connectivity index (χ3n) is 6.40. The predicted molar refractivity (Wildman–Crippen MR) is 155 cm³/mol. The van der Waals surface area contributed by atoms with Crippen LogP contribution in [0, 0.1) is 3.57 Å². The van der Waals surface area contributed by atoms with Crippen LogP contribution in [0.15, 0.2) is 78.9 Å². The highest BCUT2D eigenvalue weighted by Gasteiger charge is 2.51. The normalized spacial score (nSPS) is 27.5. The van der Waals surface area contributed by atoms with Crippen molar-refractivity contribution in [1.29, 1.82) is 0 Å². The summed E-state index contributed by atoms with van der Waals surface area (Å²) in [6.07, 6.45) is -1.76. The van der Waals surface area contributed by atoms with Crippen molar-refractivity contribution in [3.05, 3.63) is 104 Å². The van der Waals surface area contributed by atoms with Gasteiger partial charge in [-0.1, -0.05) is 73.1 Å². The van der Waals surface area contributed by atoms with Crippen LogP contribution < -0.4 is 0 Å². The molecule has 2 aliphatic heterocycles. The molecule has 5 nitrogen and oxygen atoms in total. The molecular weight excluding hydrogens is 623 g/mol. The van der Waals surface area contributed by atoms with Crippen LogP contribution in [0.25, 0.3) is 0 Å². The molecule has 8 heteroatoms. The Kier molecular flexibility index (Phi) is 9.82. The van der Waals surface area contributed by atoms with Gasteiger partial charge in [0.05, 0.1) is 19.8 Å². The van der Waals surface area contributed by atoms with Gasteiger partial charge in [-0.15, -0.1) is 11.8 Å². The number of rotatable bonds is 9. The lowest BCUT2D eigenvalue weighted by molar-refractivity contribution is -0.329. The quantitative estimate of drug-likeness (QED) is 0.232. The summed E-state index contributed by atoms with van der Waals surface area (Å²) in [5.74, 6) is 0.893. The van der Waals surface area contributed by atoms with Gasteiger partial charge in [-0.05, 0) is 63.7 Å². The molecule has 0 N–H and O–H groups in total. The van der Waals surface area contributed by atoms with Crippen molar-refractivity contribution in [2.75, 3.05) is 12.4 Å². The second-order valence-corrected chi connectivity index (χ2v) is 12.0. The lowest BCUT2D eigenvalue weighted by Crippen LogP contribution is -2.62. The van der Waals surface area contributed by atoms with Gasteiger partial charge < -0.3 is 23.7 Å². The van der Waals surface area contributed by atoms with Crippen molar-refractivity contribution in [2.45, 2.75) is 56.3 Å². The lowest BCUT2D eigenvalue weighted by Gasteiger charge is -2.49. The topological polar surface area (TPSA) is 46.2 Å². The van der Waals surface area contributed by atoms with Gasteiger partial charge in [0.15, 0.2) is 6.29 Å². The lowest BCUT2D eigenvalue weighted by atomic mass is 9.98. The summed E-state index contributed by atoms with van der Waals surface area (Å²) >= 11 is 10.1. The molecular formula is C29H30ClIO5S. The second-order valence-electron chi connectivity index (χ2n) is 8.98. The fraction of sp³-hybridized carbons (Fsp3) is 0.379. The minimum absolute atomic E-state index is 0.203. The van der Waals surface area contributed by atoms with Gasteiger partial charge in [0.2, 0.25) is 0 Å². The van der Waals surface area contributed by atoms with E-state index in [0.29, 0.717) is 24.8 Å². The minimum Gasteiger partial charge on any atom is -0.368 e. The number of hydrogen-bond acceptors (Lipinski definition) is 6. The molecule has 37 heavy (non-hydrogen) atoms. The SMILES string of the molecule is CCS[C@@H]1O[C@@H]2CO[C@@H](c3ccccc3)O[C@H]2[C@H](OCc2ccc(Cl)cc2)[C@H]1OCc1ccc(I)cc1. The molecule has 3 aromatic rings. The summed E-state index contributed by atoms with van der Waals surface area (Å²) in [4.78, 5) is 0. The first-order valence-corrected chi connectivity index (χ1v) is 14.9. The van der Waals surface area contributed by atoms with E-state index < -0.39 is 6.29 Å². The molecule has 0 amide bonds. The van der Waals surface area contributed by atoms with Gasteiger partial charge in [-0.2, -0.15) is 0 Å². The Labute approximate surface area is 241 Å². The Hall–Kier alpha value is -1.17. The number of hydrogen-bond donors (Lipinski definition) is 0. The van der Waals surface area contributed by atoms with Crippen LogP contribution in [-0.4, -0.2) is 42.2 Å². The van der Waals surface area contributed by atoms with Gasteiger partial charge in [0, 0.05) is 14.2 Å². The van der Waals surface area contributed by atoms with Crippen molar-refractivity contribution in [2.24, 2.45) is 0 Å². The molecule has 2 heterocycles. The monoisotopic (exact) mass is 652 g/mol. The summed E-state index contributed by atoms with van der Waals surface area (Å²) in [5.41, 5.74) is 2.91. The molecule has 3 aromatic carbocycles. The van der Waals surface area contributed by atoms with E-state index >= 15 is 0 Å². The molecule has 0 aromatic heterocycles. The maximum Gasteiger partial charge on any atom is 0.184 e. The van der Waals surface area contributed by atoms with Crippen LogP contribution in [0.3, 0.4) is 0 Å².